The summed E-state index contributed by atoms with van der Waals surface area (Å²) in [5.74, 6) is -1.28. The van der Waals surface area contributed by atoms with E-state index >= 15 is 0 Å². The van der Waals surface area contributed by atoms with E-state index in [0.717, 1.165) is 31.2 Å². The minimum Gasteiger partial charge on any atom is -0.481 e. The number of amides is 1. The number of benzene rings is 1. The molecule has 1 aromatic rings. The monoisotopic (exact) mass is 335 g/mol. The van der Waals surface area contributed by atoms with E-state index < -0.39 is 17.5 Å². The second-order valence-electron chi connectivity index (χ2n) is 7.04. The molecule has 0 aromatic heterocycles. The second kappa shape index (κ2) is 9.30. The first-order valence-electron chi connectivity index (χ1n) is 8.47. The molecule has 0 aliphatic carbocycles. The fourth-order valence-corrected chi connectivity index (χ4v) is 2.25. The van der Waals surface area contributed by atoms with Crippen molar-refractivity contribution in [1.82, 2.24) is 5.32 Å². The van der Waals surface area contributed by atoms with Crippen molar-refractivity contribution in [2.24, 2.45) is 0 Å². The number of aliphatic carboxylic acids is 1. The van der Waals surface area contributed by atoms with Crippen molar-refractivity contribution in [3.05, 3.63) is 35.4 Å². The Bertz CT molecular complexity index is 531. The van der Waals surface area contributed by atoms with Gasteiger partial charge in [-0.2, -0.15) is 0 Å². The van der Waals surface area contributed by atoms with Crippen LogP contribution < -0.4 is 5.32 Å². The van der Waals surface area contributed by atoms with Gasteiger partial charge in [-0.3, -0.25) is 4.79 Å². The third-order valence-electron chi connectivity index (χ3n) is 3.66. The molecule has 0 radical (unpaired) electrons. The van der Waals surface area contributed by atoms with E-state index in [4.69, 9.17) is 9.84 Å². The minimum absolute atomic E-state index is 0.370. The third-order valence-corrected chi connectivity index (χ3v) is 3.66. The number of rotatable bonds is 8. The Labute approximate surface area is 144 Å². The van der Waals surface area contributed by atoms with E-state index in [9.17, 15) is 9.59 Å². The molecule has 0 fully saturated rings. The van der Waals surface area contributed by atoms with Gasteiger partial charge in [0.25, 0.3) is 0 Å². The average Bonchev–Trinajstić information content (AvgIpc) is 2.48. The van der Waals surface area contributed by atoms with Gasteiger partial charge in [0.15, 0.2) is 0 Å². The van der Waals surface area contributed by atoms with Crippen molar-refractivity contribution in [1.29, 1.82) is 0 Å². The molecule has 24 heavy (non-hydrogen) atoms. The van der Waals surface area contributed by atoms with Gasteiger partial charge in [0.2, 0.25) is 0 Å². The van der Waals surface area contributed by atoms with Crippen LogP contribution in [0.5, 0.6) is 0 Å². The smallest absolute Gasteiger partial charge is 0.407 e. The molecule has 0 saturated carbocycles. The van der Waals surface area contributed by atoms with Crippen molar-refractivity contribution in [2.75, 3.05) is 6.54 Å². The Morgan fingerprint density at radius 3 is 2.29 bits per heavy atom. The Morgan fingerprint density at radius 2 is 1.75 bits per heavy atom. The average molecular weight is 335 g/mol. The number of carboxylic acids is 1. The SMILES string of the molecule is CC(C(=O)O)c1ccc(CCCCCNC(=O)OC(C)(C)C)cc1. The first kappa shape index (κ1) is 20.0. The zero-order valence-electron chi connectivity index (χ0n) is 15.1. The maximum Gasteiger partial charge on any atom is 0.407 e. The van der Waals surface area contributed by atoms with Crippen LogP contribution in [-0.2, 0) is 16.0 Å². The molecule has 2 N–H and O–H groups in total. The number of hydrogen-bond acceptors (Lipinski definition) is 3. The maximum absolute atomic E-state index is 11.5. The summed E-state index contributed by atoms with van der Waals surface area (Å²) in [5, 5.41) is 11.7. The third kappa shape index (κ3) is 7.99. The highest BCUT2D eigenvalue weighted by Gasteiger charge is 2.15. The van der Waals surface area contributed by atoms with Crippen LogP contribution in [0.4, 0.5) is 4.79 Å². The lowest BCUT2D eigenvalue weighted by atomic mass is 9.98. The lowest BCUT2D eigenvalue weighted by Gasteiger charge is -2.19. The lowest BCUT2D eigenvalue weighted by Crippen LogP contribution is -2.32. The minimum atomic E-state index is -0.805. The van der Waals surface area contributed by atoms with Crippen LogP contribution >= 0.6 is 0 Å². The summed E-state index contributed by atoms with van der Waals surface area (Å²) in [7, 11) is 0. The first-order valence-corrected chi connectivity index (χ1v) is 8.47. The summed E-state index contributed by atoms with van der Waals surface area (Å²) < 4.78 is 5.17. The molecule has 5 nitrogen and oxygen atoms in total. The van der Waals surface area contributed by atoms with Crippen LogP contribution in [0.15, 0.2) is 24.3 Å². The van der Waals surface area contributed by atoms with E-state index in [1.807, 2.05) is 45.0 Å². The molecular weight excluding hydrogens is 306 g/mol. The fraction of sp³-hybridized carbons (Fsp3) is 0.579. The molecule has 0 aliphatic heterocycles. The Hall–Kier alpha value is -2.04. The maximum atomic E-state index is 11.5. The van der Waals surface area contributed by atoms with Crippen molar-refractivity contribution >= 4 is 12.1 Å². The Morgan fingerprint density at radius 1 is 1.12 bits per heavy atom. The number of ether oxygens (including phenoxy) is 1. The Balaban J connectivity index is 2.19. The van der Waals surface area contributed by atoms with Gasteiger partial charge in [0, 0.05) is 6.54 Å². The normalized spacial score (nSPS) is 12.5. The van der Waals surface area contributed by atoms with Crippen molar-refractivity contribution in [3.63, 3.8) is 0 Å². The van der Waals surface area contributed by atoms with Crippen LogP contribution in [0.1, 0.15) is 64.0 Å². The van der Waals surface area contributed by atoms with E-state index in [1.54, 1.807) is 6.92 Å². The van der Waals surface area contributed by atoms with Crippen LogP contribution in [0.25, 0.3) is 0 Å². The van der Waals surface area contributed by atoms with Gasteiger partial charge in [-0.15, -0.1) is 0 Å². The molecule has 1 unspecified atom stereocenters. The van der Waals surface area contributed by atoms with Crippen LogP contribution in [0.3, 0.4) is 0 Å². The second-order valence-corrected chi connectivity index (χ2v) is 7.04. The summed E-state index contributed by atoms with van der Waals surface area (Å²) >= 11 is 0. The molecule has 5 heteroatoms. The molecule has 134 valence electrons. The molecule has 1 amide bonds. The lowest BCUT2D eigenvalue weighted by molar-refractivity contribution is -0.138. The molecule has 1 atom stereocenters. The van der Waals surface area contributed by atoms with Gasteiger partial charge in [-0.05, 0) is 58.1 Å². The summed E-state index contributed by atoms with van der Waals surface area (Å²) in [6.45, 7) is 7.83. The fourth-order valence-electron chi connectivity index (χ4n) is 2.25. The molecule has 0 heterocycles. The predicted molar refractivity (Wildman–Crippen MR) is 94.3 cm³/mol. The van der Waals surface area contributed by atoms with E-state index in [0.29, 0.717) is 6.54 Å². The molecule has 0 bridgehead atoms. The van der Waals surface area contributed by atoms with Gasteiger partial charge >= 0.3 is 12.1 Å². The number of aryl methyl sites for hydroxylation is 1. The van der Waals surface area contributed by atoms with Gasteiger partial charge < -0.3 is 15.2 Å². The predicted octanol–water partition coefficient (Wildman–Crippen LogP) is 4.11. The van der Waals surface area contributed by atoms with E-state index in [1.165, 1.54) is 5.56 Å². The van der Waals surface area contributed by atoms with Crippen LogP contribution in [-0.4, -0.2) is 29.3 Å². The zero-order chi connectivity index (χ0) is 18.2. The van der Waals surface area contributed by atoms with Gasteiger partial charge in [-0.25, -0.2) is 4.79 Å². The number of hydrogen-bond donors (Lipinski definition) is 2. The highest BCUT2D eigenvalue weighted by molar-refractivity contribution is 5.75. The zero-order valence-corrected chi connectivity index (χ0v) is 15.1. The van der Waals surface area contributed by atoms with Gasteiger partial charge in [0.1, 0.15) is 5.60 Å². The number of alkyl carbamates (subject to hydrolysis) is 1. The summed E-state index contributed by atoms with van der Waals surface area (Å²) in [5.41, 5.74) is 1.57. The summed E-state index contributed by atoms with van der Waals surface area (Å²) in [6.07, 6.45) is 3.54. The molecule has 0 spiro atoms. The number of carboxylic acid groups (broad SMARTS) is 1. The standard InChI is InChI=1S/C19H29NO4/c1-14(17(21)22)16-11-9-15(10-12-16)8-6-5-7-13-20-18(23)24-19(2,3)4/h9-12,14H,5-8,13H2,1-4H3,(H,20,23)(H,21,22). The quantitative estimate of drug-likeness (QED) is 0.701. The highest BCUT2D eigenvalue weighted by Crippen LogP contribution is 2.17. The molecule has 1 rings (SSSR count). The molecular formula is C19H29NO4. The van der Waals surface area contributed by atoms with E-state index in [-0.39, 0.29) is 6.09 Å². The number of unbranched alkanes of at least 4 members (excludes halogenated alkanes) is 2. The van der Waals surface area contributed by atoms with Crippen molar-refractivity contribution in [2.45, 2.75) is 64.9 Å². The van der Waals surface area contributed by atoms with Crippen molar-refractivity contribution in [3.8, 4) is 0 Å². The van der Waals surface area contributed by atoms with Crippen LogP contribution in [0.2, 0.25) is 0 Å². The topological polar surface area (TPSA) is 75.6 Å². The van der Waals surface area contributed by atoms with Gasteiger partial charge in [-0.1, -0.05) is 30.7 Å². The molecule has 1 aromatic carbocycles. The molecule has 0 aliphatic rings. The van der Waals surface area contributed by atoms with Crippen molar-refractivity contribution < 1.29 is 19.4 Å². The number of nitrogens with one attached hydrogen (secondary N) is 1. The number of carbonyl (C=O) groups excluding carboxylic acids is 1. The Kier molecular flexibility index (Phi) is 7.75. The molecule has 0 saturated heterocycles. The summed E-state index contributed by atoms with van der Waals surface area (Å²) in [4.78, 5) is 22.4. The van der Waals surface area contributed by atoms with E-state index in [2.05, 4.69) is 5.32 Å². The first-order chi connectivity index (χ1) is 11.2. The highest BCUT2D eigenvalue weighted by atomic mass is 16.6. The summed E-state index contributed by atoms with van der Waals surface area (Å²) in [6, 6.07) is 7.76. The van der Waals surface area contributed by atoms with Gasteiger partial charge in [0.05, 0.1) is 5.92 Å². The van der Waals surface area contributed by atoms with Crippen LogP contribution in [0, 0.1) is 0 Å². The largest absolute Gasteiger partial charge is 0.481 e. The number of carbonyl (C=O) groups is 2.